The van der Waals surface area contributed by atoms with Crippen molar-refractivity contribution in [2.45, 2.75) is 30.6 Å². The molecule has 0 bridgehead atoms. The zero-order valence-corrected chi connectivity index (χ0v) is 13.0. The predicted molar refractivity (Wildman–Crippen MR) is 88.3 cm³/mol. The Morgan fingerprint density at radius 1 is 0.952 bits per heavy atom. The largest absolute Gasteiger partial charge is 0.618 e. The van der Waals surface area contributed by atoms with Gasteiger partial charge in [0.1, 0.15) is 5.11 Å². The Morgan fingerprint density at radius 3 is 2.14 bits per heavy atom. The van der Waals surface area contributed by atoms with Gasteiger partial charge in [-0.25, -0.2) is 0 Å². The van der Waals surface area contributed by atoms with Crippen LogP contribution in [0, 0.1) is 5.21 Å². The van der Waals surface area contributed by atoms with Crippen molar-refractivity contribution < 1.29 is 4.74 Å². The Hall–Kier alpha value is -1.17. The van der Waals surface area contributed by atoms with Crippen molar-refractivity contribution in [2.24, 2.45) is 0 Å². The summed E-state index contributed by atoms with van der Waals surface area (Å²) in [6.07, 6.45) is 5.10. The van der Waals surface area contributed by atoms with E-state index in [0.29, 0.717) is 0 Å². The maximum Gasteiger partial charge on any atom is 0.230 e. The summed E-state index contributed by atoms with van der Waals surface area (Å²) in [5.74, 6) is 0. The van der Waals surface area contributed by atoms with Crippen molar-refractivity contribution in [2.75, 3.05) is 26.2 Å². The summed E-state index contributed by atoms with van der Waals surface area (Å²) in [6.45, 7) is 4.57. The van der Waals surface area contributed by atoms with Crippen LogP contribution in [0.5, 0.6) is 0 Å². The van der Waals surface area contributed by atoms with E-state index in [1.807, 2.05) is 17.7 Å². The monoisotopic (exact) mass is 303 g/mol. The van der Waals surface area contributed by atoms with E-state index in [4.69, 9.17) is 0 Å². The molecule has 112 valence electrons. The van der Waals surface area contributed by atoms with Gasteiger partial charge in [-0.3, -0.25) is 9.80 Å². The van der Waals surface area contributed by atoms with E-state index in [1.54, 1.807) is 0 Å². The summed E-state index contributed by atoms with van der Waals surface area (Å²) in [7, 11) is -0.193. The molecular weight excluding hydrogens is 282 g/mol. The normalized spacial score (nSPS) is 26.1. The maximum atomic E-state index is 12.2. The molecule has 0 amide bonds. The highest BCUT2D eigenvalue weighted by Gasteiger charge is 2.32. The predicted octanol–water partition coefficient (Wildman–Crippen LogP) is 2.78. The van der Waals surface area contributed by atoms with Gasteiger partial charge in [0.2, 0.25) is 11.2 Å². The van der Waals surface area contributed by atoms with Gasteiger partial charge in [-0.1, -0.05) is 12.1 Å². The molecule has 4 rings (SSSR count). The molecular formula is C16H21N3OS. The summed E-state index contributed by atoms with van der Waals surface area (Å²) in [6, 6.07) is 8.07. The minimum absolute atomic E-state index is 0.193. The molecule has 3 heterocycles. The van der Waals surface area contributed by atoms with Crippen LogP contribution in [0.3, 0.4) is 0 Å². The molecule has 0 spiro atoms. The molecule has 0 aliphatic carbocycles. The Labute approximate surface area is 128 Å². The van der Waals surface area contributed by atoms with Crippen LogP contribution in [0.15, 0.2) is 29.2 Å². The van der Waals surface area contributed by atoms with Gasteiger partial charge in [0.25, 0.3) is 0 Å². The smallest absolute Gasteiger partial charge is 0.230 e. The van der Waals surface area contributed by atoms with E-state index in [-0.39, 0.29) is 10.5 Å². The lowest BCUT2D eigenvalue weighted by Crippen LogP contribution is -2.41. The fourth-order valence-electron chi connectivity index (χ4n) is 3.47. The number of benzene rings is 1. The van der Waals surface area contributed by atoms with Crippen molar-refractivity contribution in [3.05, 3.63) is 29.5 Å². The van der Waals surface area contributed by atoms with Crippen LogP contribution < -0.4 is 0 Å². The van der Waals surface area contributed by atoms with E-state index in [2.05, 4.69) is 21.9 Å². The van der Waals surface area contributed by atoms with Gasteiger partial charge in [0, 0.05) is 32.2 Å². The first-order valence-corrected chi connectivity index (χ1v) is 9.14. The second-order valence-corrected chi connectivity index (χ2v) is 7.60. The number of likely N-dealkylation sites (tertiary alicyclic amines) is 2. The van der Waals surface area contributed by atoms with Crippen molar-refractivity contribution in [3.8, 4) is 0 Å². The van der Waals surface area contributed by atoms with E-state index in [1.165, 1.54) is 35.7 Å². The van der Waals surface area contributed by atoms with Crippen molar-refractivity contribution in [1.82, 2.24) is 9.80 Å². The third-order valence-corrected chi connectivity index (χ3v) is 6.62. The van der Waals surface area contributed by atoms with Crippen molar-refractivity contribution in [3.63, 3.8) is 0 Å². The van der Waals surface area contributed by atoms with Crippen LogP contribution in [0.2, 0.25) is 0 Å². The van der Waals surface area contributed by atoms with Crippen molar-refractivity contribution >= 4 is 26.8 Å². The third-order valence-electron chi connectivity index (χ3n) is 4.49. The molecule has 0 radical (unpaired) electrons. The fraction of sp³-hybridized carbons (Fsp3) is 0.500. The minimum atomic E-state index is -0.193. The average Bonchev–Trinajstić information content (AvgIpc) is 3.24. The van der Waals surface area contributed by atoms with Crippen LogP contribution in [-0.4, -0.2) is 51.4 Å². The zero-order valence-electron chi connectivity index (χ0n) is 12.2. The topological polar surface area (TPSA) is 32.6 Å². The maximum absolute atomic E-state index is 12.2. The van der Waals surface area contributed by atoms with Gasteiger partial charge in [0.15, 0.2) is 0 Å². The quantitative estimate of drug-likeness (QED) is 0.420. The molecule has 0 aromatic heterocycles. The highest BCUT2D eigenvalue weighted by Crippen LogP contribution is 2.41. The van der Waals surface area contributed by atoms with E-state index in [0.717, 1.165) is 36.6 Å². The van der Waals surface area contributed by atoms with Gasteiger partial charge >= 0.3 is 0 Å². The molecule has 3 aliphatic rings. The Balaban J connectivity index is 1.85. The molecule has 0 saturated carbocycles. The average molecular weight is 303 g/mol. The number of fused-ring (bicyclic) bond motifs is 1. The zero-order chi connectivity index (χ0) is 14.2. The van der Waals surface area contributed by atoms with Crippen LogP contribution in [0.25, 0.3) is 0 Å². The Bertz CT molecular complexity index is 596. The van der Waals surface area contributed by atoms with Crippen LogP contribution in [0.4, 0.5) is 5.69 Å². The van der Waals surface area contributed by atoms with Gasteiger partial charge in [-0.05, 0) is 42.2 Å². The van der Waals surface area contributed by atoms with Gasteiger partial charge in [-0.15, -0.1) is 0 Å². The Kier molecular flexibility index (Phi) is 3.57. The highest BCUT2D eigenvalue weighted by molar-refractivity contribution is 8.27. The number of para-hydroxylation sites is 1. The molecule has 21 heavy (non-hydrogen) atoms. The van der Waals surface area contributed by atoms with Gasteiger partial charge < -0.3 is 5.21 Å². The number of rotatable bonds is 0. The van der Waals surface area contributed by atoms with E-state index < -0.39 is 0 Å². The number of nitrogens with zero attached hydrogens (tertiary/aromatic N) is 3. The van der Waals surface area contributed by atoms with Crippen LogP contribution in [0.1, 0.15) is 25.7 Å². The summed E-state index contributed by atoms with van der Waals surface area (Å²) < 4.78 is 1.07. The molecule has 2 saturated heterocycles. The lowest BCUT2D eigenvalue weighted by atomic mass is 10.3. The molecule has 1 aromatic carbocycles. The first-order chi connectivity index (χ1) is 10.3. The molecule has 1 unspecified atom stereocenters. The van der Waals surface area contributed by atoms with Crippen molar-refractivity contribution in [1.29, 1.82) is 0 Å². The first kappa shape index (κ1) is 13.5. The summed E-state index contributed by atoms with van der Waals surface area (Å²) >= 11 is 0. The second kappa shape index (κ2) is 5.55. The lowest BCUT2D eigenvalue weighted by Gasteiger charge is -2.28. The third kappa shape index (κ3) is 2.33. The standard InChI is InChI=1S/C16H21N3OS/c20-19-13-21(15-8-2-1-7-14(15)19)16(17-9-3-4-10-17)18-11-5-6-12-18/h1-2,7-8,13H,3-6,9-12H2. The van der Waals surface area contributed by atoms with Gasteiger partial charge in [-0.2, -0.15) is 4.74 Å². The van der Waals surface area contributed by atoms with Crippen LogP contribution >= 0.6 is 10.5 Å². The lowest BCUT2D eigenvalue weighted by molar-refractivity contribution is -0.352. The molecule has 1 aromatic rings. The Morgan fingerprint density at radius 2 is 1.52 bits per heavy atom. The van der Waals surface area contributed by atoms with E-state index in [9.17, 15) is 5.21 Å². The molecule has 2 fully saturated rings. The molecule has 1 atom stereocenters. The van der Waals surface area contributed by atoms with E-state index >= 15 is 0 Å². The number of hydrogen-bond acceptors (Lipinski definition) is 1. The number of hydrogen-bond donors (Lipinski definition) is 0. The fourth-order valence-corrected chi connectivity index (χ4v) is 5.71. The summed E-state index contributed by atoms with van der Waals surface area (Å²) in [5.41, 5.74) is 2.72. The van der Waals surface area contributed by atoms with Crippen LogP contribution in [-0.2, 0) is 0 Å². The summed E-state index contributed by atoms with van der Waals surface area (Å²) in [5, 5.41) is 13.6. The SMILES string of the molecule is [O-][N+]1=CS(=C(N2CCCC2)N2CCCC2)c2ccccc21. The molecule has 4 nitrogen and oxygen atoms in total. The molecule has 5 heteroatoms. The molecule has 0 N–H and O–H groups in total. The highest BCUT2D eigenvalue weighted by atomic mass is 32.2. The second-order valence-electron chi connectivity index (χ2n) is 5.91. The summed E-state index contributed by atoms with van der Waals surface area (Å²) in [4.78, 5) is 6.25. The minimum Gasteiger partial charge on any atom is -0.618 e. The van der Waals surface area contributed by atoms with Gasteiger partial charge in [0.05, 0.1) is 4.90 Å². The molecule has 3 aliphatic heterocycles. The first-order valence-electron chi connectivity index (χ1n) is 7.85.